The molecule has 3 saturated heterocycles. The van der Waals surface area contributed by atoms with Crippen molar-refractivity contribution in [3.05, 3.63) is 30.3 Å². The molecule has 3 aliphatic heterocycles. The van der Waals surface area contributed by atoms with E-state index in [9.17, 15) is 15.6 Å². The van der Waals surface area contributed by atoms with Gasteiger partial charge in [-0.25, -0.2) is 0 Å². The molecule has 268 valence electrons. The number of para-hydroxylation sites is 1. The molecule has 3 aliphatic rings. The average Bonchev–Trinajstić information content (AvgIpc) is 2.93. The van der Waals surface area contributed by atoms with Crippen LogP contribution in [0.5, 0.6) is 0 Å². The van der Waals surface area contributed by atoms with Crippen molar-refractivity contribution >= 4 is 23.5 Å². The Morgan fingerprint density at radius 1 is 0.562 bits per heavy atom. The van der Waals surface area contributed by atoms with E-state index in [4.69, 9.17) is 15.0 Å². The molecule has 0 unspecified atom stereocenters. The zero-order valence-electron chi connectivity index (χ0n) is 31.3. The van der Waals surface area contributed by atoms with E-state index in [1.807, 2.05) is 30.3 Å². The molecule has 12 nitrogen and oxygen atoms in total. The Kier molecular flexibility index (Phi) is 9.40. The minimum atomic E-state index is -0.498. The summed E-state index contributed by atoms with van der Waals surface area (Å²) in [6.07, 6.45) is 4.18. The summed E-state index contributed by atoms with van der Waals surface area (Å²) in [4.78, 5) is 17.6. The second-order valence-electron chi connectivity index (χ2n) is 18.4. The number of aromatic nitrogens is 3. The molecule has 0 bridgehead atoms. The summed E-state index contributed by atoms with van der Waals surface area (Å²) < 4.78 is 0. The predicted molar refractivity (Wildman–Crippen MR) is 190 cm³/mol. The van der Waals surface area contributed by atoms with Crippen molar-refractivity contribution in [3.63, 3.8) is 0 Å². The summed E-state index contributed by atoms with van der Waals surface area (Å²) in [5.41, 5.74) is -2.02. The minimum Gasteiger partial charge on any atom is -0.351 e. The lowest BCUT2D eigenvalue weighted by molar-refractivity contribution is -0.251. The summed E-state index contributed by atoms with van der Waals surface area (Å²) in [5.74, 6) is 1.48. The van der Waals surface area contributed by atoms with Crippen molar-refractivity contribution in [2.75, 3.05) is 15.5 Å². The van der Waals surface area contributed by atoms with Crippen LogP contribution >= 0.6 is 0 Å². The second-order valence-corrected chi connectivity index (χ2v) is 18.4. The topological polar surface area (TPSA) is 136 Å². The molecule has 12 heteroatoms. The molecule has 1 aromatic carbocycles. The van der Waals surface area contributed by atoms with E-state index >= 15 is 0 Å². The highest BCUT2D eigenvalue weighted by atomic mass is 16.5. The van der Waals surface area contributed by atoms with E-state index in [1.165, 1.54) is 15.2 Å². The SMILES string of the molecule is CC1(C)CC(Nc2nc(Nc3ccccc3)nc(N(C3CC(C)(C)N(O)C(C)(C)C3)C3CC(C)(C)N(O)C(C)(C)C3)n2)CC(C)(C)N1O. The van der Waals surface area contributed by atoms with Crippen LogP contribution in [0.1, 0.15) is 122 Å². The van der Waals surface area contributed by atoms with Gasteiger partial charge in [0.1, 0.15) is 0 Å². The highest BCUT2D eigenvalue weighted by Crippen LogP contribution is 2.45. The van der Waals surface area contributed by atoms with Crippen LogP contribution in [0.2, 0.25) is 0 Å². The summed E-state index contributed by atoms with van der Waals surface area (Å²) in [5, 5.41) is 45.1. The van der Waals surface area contributed by atoms with E-state index in [1.54, 1.807) is 0 Å². The Morgan fingerprint density at radius 3 is 1.35 bits per heavy atom. The van der Waals surface area contributed by atoms with Crippen molar-refractivity contribution in [3.8, 4) is 0 Å². The fourth-order valence-electron chi connectivity index (χ4n) is 9.26. The molecule has 48 heavy (non-hydrogen) atoms. The minimum absolute atomic E-state index is 0.00411. The number of nitrogens with one attached hydrogen (secondary N) is 2. The van der Waals surface area contributed by atoms with Crippen LogP contribution in [-0.4, -0.2) is 97.1 Å². The smallest absolute Gasteiger partial charge is 0.233 e. The molecule has 2 aromatic rings. The van der Waals surface area contributed by atoms with E-state index in [-0.39, 0.29) is 18.1 Å². The third-order valence-corrected chi connectivity index (χ3v) is 10.9. The van der Waals surface area contributed by atoms with Gasteiger partial charge < -0.3 is 31.2 Å². The van der Waals surface area contributed by atoms with Crippen LogP contribution < -0.4 is 15.5 Å². The fraction of sp³-hybridized carbons (Fsp3) is 0.750. The maximum Gasteiger partial charge on any atom is 0.233 e. The first kappa shape index (κ1) is 36.7. The molecule has 0 saturated carbocycles. The first-order valence-electron chi connectivity index (χ1n) is 17.5. The van der Waals surface area contributed by atoms with Crippen molar-refractivity contribution < 1.29 is 15.6 Å². The number of rotatable bonds is 7. The van der Waals surface area contributed by atoms with Crippen LogP contribution in [0, 0.1) is 0 Å². The van der Waals surface area contributed by atoms with Gasteiger partial charge in [-0.05, 0) is 134 Å². The zero-order chi connectivity index (χ0) is 35.7. The van der Waals surface area contributed by atoms with E-state index < -0.39 is 33.2 Å². The summed E-state index contributed by atoms with van der Waals surface area (Å²) in [7, 11) is 0. The average molecular weight is 668 g/mol. The van der Waals surface area contributed by atoms with Crippen LogP contribution in [0.25, 0.3) is 0 Å². The van der Waals surface area contributed by atoms with Gasteiger partial charge in [0.2, 0.25) is 17.8 Å². The summed E-state index contributed by atoms with van der Waals surface area (Å²) in [6.45, 7) is 24.9. The Morgan fingerprint density at radius 2 is 0.938 bits per heavy atom. The molecular weight excluding hydrogens is 606 g/mol. The highest BCUT2D eigenvalue weighted by Gasteiger charge is 2.52. The molecule has 0 aliphatic carbocycles. The van der Waals surface area contributed by atoms with Gasteiger partial charge in [-0.15, -0.1) is 0 Å². The van der Waals surface area contributed by atoms with Gasteiger partial charge in [0, 0.05) is 57.0 Å². The molecule has 5 N–H and O–H groups in total. The number of hydrogen-bond acceptors (Lipinski definition) is 12. The number of benzene rings is 1. The lowest BCUT2D eigenvalue weighted by Crippen LogP contribution is -2.67. The fourth-order valence-corrected chi connectivity index (χ4v) is 9.26. The Bertz CT molecular complexity index is 1350. The van der Waals surface area contributed by atoms with Crippen LogP contribution in [0.15, 0.2) is 30.3 Å². The monoisotopic (exact) mass is 667 g/mol. The summed E-state index contributed by atoms with van der Waals surface area (Å²) in [6, 6.07) is 9.90. The van der Waals surface area contributed by atoms with E-state index in [0.717, 1.165) is 5.69 Å². The lowest BCUT2D eigenvalue weighted by Gasteiger charge is -2.58. The maximum atomic E-state index is 11.3. The maximum absolute atomic E-state index is 11.3. The van der Waals surface area contributed by atoms with Crippen molar-refractivity contribution in [2.24, 2.45) is 0 Å². The van der Waals surface area contributed by atoms with Gasteiger partial charge in [0.15, 0.2) is 0 Å². The van der Waals surface area contributed by atoms with Crippen molar-refractivity contribution in [1.82, 2.24) is 30.1 Å². The van der Waals surface area contributed by atoms with Crippen LogP contribution in [0.3, 0.4) is 0 Å². The molecule has 0 radical (unpaired) electrons. The predicted octanol–water partition coefficient (Wildman–Crippen LogP) is 7.07. The van der Waals surface area contributed by atoms with Gasteiger partial charge in [0.05, 0.1) is 0 Å². The number of nitrogens with zero attached hydrogens (tertiary/aromatic N) is 7. The number of anilines is 4. The largest absolute Gasteiger partial charge is 0.351 e. The van der Waals surface area contributed by atoms with Crippen LogP contribution in [0.4, 0.5) is 23.5 Å². The molecular formula is C36H61N9O3. The molecule has 4 heterocycles. The van der Waals surface area contributed by atoms with Gasteiger partial charge in [-0.2, -0.15) is 30.1 Å². The Balaban J connectivity index is 1.63. The lowest BCUT2D eigenvalue weighted by atomic mass is 9.75. The second kappa shape index (κ2) is 12.3. The molecule has 3 fully saturated rings. The van der Waals surface area contributed by atoms with E-state index in [2.05, 4.69) is 98.6 Å². The standard InChI is InChI=1S/C36H61N9O3/c1-31(2)18-25(19-32(3,4)43(31)46)38-29-39-28(37-24-16-14-13-15-17-24)40-30(41-29)42(26-20-33(5,6)44(47)34(7,8)21-26)27-22-35(9,10)45(48)36(11,12)23-27/h13-17,25-27,46-48H,18-23H2,1-12H3,(H2,37,38,39,40,41). The first-order valence-corrected chi connectivity index (χ1v) is 17.5. The Labute approximate surface area is 287 Å². The normalized spacial score (nSPS) is 26.2. The van der Waals surface area contributed by atoms with Crippen LogP contribution in [-0.2, 0) is 0 Å². The van der Waals surface area contributed by atoms with Crippen molar-refractivity contribution in [1.29, 1.82) is 0 Å². The highest BCUT2D eigenvalue weighted by molar-refractivity contribution is 5.56. The third kappa shape index (κ3) is 7.29. The third-order valence-electron chi connectivity index (χ3n) is 10.9. The number of hydrogen-bond donors (Lipinski definition) is 5. The Hall–Kier alpha value is -2.61. The molecule has 5 rings (SSSR count). The quantitative estimate of drug-likeness (QED) is 0.207. The molecule has 0 spiro atoms. The van der Waals surface area contributed by atoms with Gasteiger partial charge in [-0.1, -0.05) is 18.2 Å². The van der Waals surface area contributed by atoms with Gasteiger partial charge in [-0.3, -0.25) is 0 Å². The van der Waals surface area contributed by atoms with Gasteiger partial charge in [0.25, 0.3) is 0 Å². The van der Waals surface area contributed by atoms with Gasteiger partial charge >= 0.3 is 0 Å². The molecule has 0 atom stereocenters. The number of hydroxylamine groups is 6. The first-order chi connectivity index (χ1) is 21.9. The molecule has 0 amide bonds. The zero-order valence-corrected chi connectivity index (χ0v) is 31.3. The van der Waals surface area contributed by atoms with Crippen molar-refractivity contribution in [2.45, 2.75) is 173 Å². The summed E-state index contributed by atoms with van der Waals surface area (Å²) >= 11 is 0. The molecule has 1 aromatic heterocycles. The number of piperidine rings is 3. The van der Waals surface area contributed by atoms with E-state index in [0.29, 0.717) is 56.4 Å².